The third-order valence-electron chi connectivity index (χ3n) is 11.4. The Morgan fingerprint density at radius 1 is 0.514 bits per heavy atom. The van der Waals surface area contributed by atoms with Gasteiger partial charge in [-0.1, -0.05) is 54.6 Å². The summed E-state index contributed by atoms with van der Waals surface area (Å²) >= 11 is 3.98. The van der Waals surface area contributed by atoms with Gasteiger partial charge in [-0.2, -0.15) is 12.6 Å². The highest BCUT2D eigenvalue weighted by molar-refractivity contribution is 7.80. The molecule has 0 aliphatic rings. The second kappa shape index (κ2) is 26.2. The zero-order valence-corrected chi connectivity index (χ0v) is 39.4. The van der Waals surface area contributed by atoms with Gasteiger partial charge in [0.15, 0.2) is 0 Å². The second-order valence-corrected chi connectivity index (χ2v) is 17.1. The van der Waals surface area contributed by atoms with Gasteiger partial charge in [0.2, 0.25) is 35.4 Å². The summed E-state index contributed by atoms with van der Waals surface area (Å²) in [6.45, 7) is -1.02. The van der Waals surface area contributed by atoms with E-state index in [-0.39, 0.29) is 48.7 Å². The van der Waals surface area contributed by atoms with Gasteiger partial charge in [0.25, 0.3) is 0 Å². The zero-order valence-electron chi connectivity index (χ0n) is 38.5. The zero-order chi connectivity index (χ0) is 52.5. The Balaban J connectivity index is 1.40. The Morgan fingerprint density at radius 2 is 0.917 bits per heavy atom. The van der Waals surface area contributed by atoms with Crippen molar-refractivity contribution in [1.29, 1.82) is 0 Å². The number of aliphatic carboxylic acids is 2. The van der Waals surface area contributed by atoms with E-state index in [9.17, 15) is 69.0 Å². The summed E-state index contributed by atoms with van der Waals surface area (Å²) in [7, 11) is 0. The third-order valence-corrected chi connectivity index (χ3v) is 11.7. The van der Waals surface area contributed by atoms with E-state index in [1.807, 2.05) is 0 Å². The smallest absolute Gasteiger partial charge is 0.327 e. The van der Waals surface area contributed by atoms with E-state index >= 15 is 0 Å². The van der Waals surface area contributed by atoms with Gasteiger partial charge < -0.3 is 73.3 Å². The molecule has 7 atom stereocenters. The molecule has 0 aliphatic carbocycles. The van der Waals surface area contributed by atoms with Crippen LogP contribution in [0.1, 0.15) is 35.1 Å². The van der Waals surface area contributed by atoms with Crippen molar-refractivity contribution in [3.05, 3.63) is 126 Å². The number of aromatic amines is 1. The Morgan fingerprint density at radius 3 is 1.39 bits per heavy atom. The highest BCUT2D eigenvalue weighted by Gasteiger charge is 2.34. The van der Waals surface area contributed by atoms with Gasteiger partial charge in [0.05, 0.1) is 12.6 Å². The topological polar surface area (TPSA) is 372 Å². The maximum Gasteiger partial charge on any atom is 0.327 e. The number of phenols is 3. The van der Waals surface area contributed by atoms with Gasteiger partial charge in [0, 0.05) is 48.5 Å². The van der Waals surface area contributed by atoms with E-state index in [0.29, 0.717) is 33.2 Å². The third kappa shape index (κ3) is 16.2. The van der Waals surface area contributed by atoms with Crippen molar-refractivity contribution in [2.24, 2.45) is 5.73 Å². The standard InChI is InChI=1S/C49H56N8O14S/c50-34(19-26-5-11-30(59)12-6-26)43(64)53-37(20-27-7-13-31(60)14-8-27)45(66)56-40(24-58)48(69)55-39(22-29-23-51-35-4-2-1-3-33(29)35)47(68)52-36(17-18-42(62)63)44(65)54-38(21-28-9-15-32(61)16-10-28)46(67)57-41(25-72)49(70)71/h1-16,23,34,36-41,51,58-61,72H,17-22,24-25,50H2,(H,52,68)(H,53,64)(H,54,65)(H,55,69)(H,56,66)(H,57,67)(H,62,63)(H,70,71)/t34-,36-,37-,38-,39-,40-,41-/m0/s1. The van der Waals surface area contributed by atoms with E-state index in [2.05, 4.69) is 49.5 Å². The van der Waals surface area contributed by atoms with Gasteiger partial charge in [-0.05, 0) is 77.6 Å². The molecule has 72 heavy (non-hydrogen) atoms. The Labute approximate surface area is 417 Å². The van der Waals surface area contributed by atoms with Crippen LogP contribution in [0.5, 0.6) is 17.2 Å². The number of hydrogen-bond donors (Lipinski definition) is 15. The molecule has 1 heterocycles. The molecule has 5 aromatic rings. The number of nitrogens with two attached hydrogens (primary N) is 1. The molecular weight excluding hydrogens is 957 g/mol. The molecule has 0 fully saturated rings. The van der Waals surface area contributed by atoms with Crippen LogP contribution in [0, 0.1) is 0 Å². The molecule has 6 amide bonds. The van der Waals surface area contributed by atoms with Crippen molar-refractivity contribution in [3.63, 3.8) is 0 Å². The molecule has 15 N–H and O–H groups in total. The number of aromatic nitrogens is 1. The van der Waals surface area contributed by atoms with Crippen LogP contribution in [0.25, 0.3) is 10.9 Å². The first-order chi connectivity index (χ1) is 34.3. The first-order valence-electron chi connectivity index (χ1n) is 22.5. The fourth-order valence-corrected chi connectivity index (χ4v) is 7.67. The number of carboxylic acid groups (broad SMARTS) is 2. The number of amides is 6. The van der Waals surface area contributed by atoms with Gasteiger partial charge in [0.1, 0.15) is 53.5 Å². The minimum atomic E-state index is -1.77. The van der Waals surface area contributed by atoms with Crippen LogP contribution in [0.2, 0.25) is 0 Å². The first kappa shape index (κ1) is 54.8. The summed E-state index contributed by atoms with van der Waals surface area (Å²) in [6.07, 6.45) is -0.329. The molecule has 23 heteroatoms. The van der Waals surface area contributed by atoms with Crippen LogP contribution in [0.3, 0.4) is 0 Å². The highest BCUT2D eigenvalue weighted by Crippen LogP contribution is 2.20. The monoisotopic (exact) mass is 1010 g/mol. The minimum Gasteiger partial charge on any atom is -0.508 e. The summed E-state index contributed by atoms with van der Waals surface area (Å²) in [5.41, 5.74) is 8.83. The van der Waals surface area contributed by atoms with Crippen molar-refractivity contribution >= 4 is 70.9 Å². The summed E-state index contributed by atoms with van der Waals surface area (Å²) < 4.78 is 0. The number of para-hydroxylation sites is 1. The van der Waals surface area contributed by atoms with Crippen molar-refractivity contribution in [3.8, 4) is 17.2 Å². The maximum absolute atomic E-state index is 14.4. The first-order valence-corrected chi connectivity index (χ1v) is 23.1. The van der Waals surface area contributed by atoms with Crippen molar-refractivity contribution in [2.45, 2.75) is 80.8 Å². The van der Waals surface area contributed by atoms with Crippen LogP contribution in [0.4, 0.5) is 0 Å². The fourth-order valence-electron chi connectivity index (χ4n) is 7.42. The number of benzene rings is 4. The highest BCUT2D eigenvalue weighted by atomic mass is 32.1. The number of rotatable bonds is 26. The lowest BCUT2D eigenvalue weighted by Gasteiger charge is -2.27. The lowest BCUT2D eigenvalue weighted by atomic mass is 10.0. The van der Waals surface area contributed by atoms with Crippen LogP contribution in [-0.2, 0) is 64.0 Å². The van der Waals surface area contributed by atoms with Crippen LogP contribution in [0.15, 0.2) is 103 Å². The lowest BCUT2D eigenvalue weighted by Crippen LogP contribution is -2.61. The molecule has 0 saturated heterocycles. The van der Waals surface area contributed by atoms with E-state index in [1.165, 1.54) is 60.7 Å². The number of carboxylic acids is 2. The van der Waals surface area contributed by atoms with Gasteiger partial charge >= 0.3 is 11.9 Å². The summed E-state index contributed by atoms with van der Waals surface area (Å²) in [5.74, 6) is -9.18. The second-order valence-electron chi connectivity index (χ2n) is 16.8. The normalized spacial score (nSPS) is 14.0. The molecule has 4 aromatic carbocycles. The van der Waals surface area contributed by atoms with Gasteiger partial charge in [-0.3, -0.25) is 33.6 Å². The Hall–Kier alpha value is -8.15. The number of hydrogen-bond acceptors (Lipinski definition) is 14. The molecule has 0 unspecified atom stereocenters. The number of phenolic OH excluding ortho intramolecular Hbond substituents is 3. The van der Waals surface area contributed by atoms with E-state index in [4.69, 9.17) is 5.73 Å². The molecule has 0 bridgehead atoms. The summed E-state index contributed by atoms with van der Waals surface area (Å²) in [5, 5.41) is 74.4. The molecule has 0 saturated carbocycles. The number of aliphatic hydroxyl groups excluding tert-OH is 1. The van der Waals surface area contributed by atoms with Crippen molar-refractivity contribution < 1.29 is 69.0 Å². The fraction of sp³-hybridized carbons (Fsp3) is 0.306. The SMILES string of the molecule is N[C@@H](Cc1ccc(O)cc1)C(=O)N[C@@H](Cc1ccc(O)cc1)C(=O)N[C@@H](CO)C(=O)N[C@@H](Cc1c[nH]c2ccccc12)C(=O)N[C@@H](CCC(=O)O)C(=O)N[C@@H](Cc1ccc(O)cc1)C(=O)N[C@@H](CS)C(=O)O. The Kier molecular flexibility index (Phi) is 19.9. The summed E-state index contributed by atoms with van der Waals surface area (Å²) in [6, 6.07) is 13.5. The van der Waals surface area contributed by atoms with Crippen molar-refractivity contribution in [2.75, 3.05) is 12.4 Å². The van der Waals surface area contributed by atoms with Crippen LogP contribution in [-0.4, -0.2) is 138 Å². The minimum absolute atomic E-state index is 0.00259. The molecule has 0 radical (unpaired) electrons. The summed E-state index contributed by atoms with van der Waals surface area (Å²) in [4.78, 5) is 110. The predicted molar refractivity (Wildman–Crippen MR) is 262 cm³/mol. The van der Waals surface area contributed by atoms with Crippen molar-refractivity contribution in [1.82, 2.24) is 36.9 Å². The number of H-pyrrole nitrogens is 1. The molecular formula is C49H56N8O14S. The quantitative estimate of drug-likeness (QED) is 0.0315. The largest absolute Gasteiger partial charge is 0.508 e. The van der Waals surface area contributed by atoms with E-state index in [1.54, 1.807) is 42.6 Å². The average molecular weight is 1010 g/mol. The number of carbonyl (C=O) groups excluding carboxylic acids is 6. The van der Waals surface area contributed by atoms with E-state index in [0.717, 1.165) is 0 Å². The number of fused-ring (bicyclic) bond motifs is 1. The van der Waals surface area contributed by atoms with Gasteiger partial charge in [-0.25, -0.2) is 4.79 Å². The number of aromatic hydroxyl groups is 3. The molecule has 382 valence electrons. The molecule has 5 rings (SSSR count). The molecule has 0 spiro atoms. The molecule has 0 aliphatic heterocycles. The van der Waals surface area contributed by atoms with Crippen LogP contribution < -0.4 is 37.6 Å². The molecule has 1 aromatic heterocycles. The maximum atomic E-state index is 14.4. The average Bonchev–Trinajstić information content (AvgIpc) is 3.76. The number of nitrogens with one attached hydrogen (secondary N) is 7. The molecule has 22 nitrogen and oxygen atoms in total. The van der Waals surface area contributed by atoms with Gasteiger partial charge in [-0.15, -0.1) is 0 Å². The van der Waals surface area contributed by atoms with E-state index < -0.39 is 109 Å². The predicted octanol–water partition coefficient (Wildman–Crippen LogP) is -0.337. The van der Waals surface area contributed by atoms with Crippen LogP contribution >= 0.6 is 12.6 Å². The lowest BCUT2D eigenvalue weighted by molar-refractivity contribution is -0.141. The number of thiol groups is 1. The number of aliphatic hydroxyl groups is 1. The Bertz CT molecular complexity index is 2700. The number of carbonyl (C=O) groups is 8.